The van der Waals surface area contributed by atoms with Crippen molar-refractivity contribution in [3.8, 4) is 0 Å². The van der Waals surface area contributed by atoms with E-state index >= 15 is 0 Å². The maximum atomic E-state index is 5.11. The van der Waals surface area contributed by atoms with Gasteiger partial charge in [-0.05, 0) is 23.6 Å². The summed E-state index contributed by atoms with van der Waals surface area (Å²) in [6, 6.07) is 0. The molecule has 1 aliphatic heterocycles. The van der Waals surface area contributed by atoms with Crippen LogP contribution in [-0.4, -0.2) is 26.4 Å². The van der Waals surface area contributed by atoms with Crippen LogP contribution in [0.15, 0.2) is 73.8 Å². The molecule has 0 bridgehead atoms. The van der Waals surface area contributed by atoms with Crippen molar-refractivity contribution < 1.29 is 14.2 Å². The highest BCUT2D eigenvalue weighted by Crippen LogP contribution is 2.28. The summed E-state index contributed by atoms with van der Waals surface area (Å²) < 4.78 is 14.7. The summed E-state index contributed by atoms with van der Waals surface area (Å²) in [6.07, 6.45) is 13.7. The highest BCUT2D eigenvalue weighted by Gasteiger charge is 2.22. The summed E-state index contributed by atoms with van der Waals surface area (Å²) in [5.74, 6) is 1.30. The molecule has 1 fully saturated rings. The van der Waals surface area contributed by atoms with Crippen molar-refractivity contribution in [1.29, 1.82) is 0 Å². The number of ether oxygens (including phenoxy) is 3. The lowest BCUT2D eigenvalue weighted by Gasteiger charge is -2.21. The largest absolute Gasteiger partial charge is 0.499 e. The number of hydrogen-bond donors (Lipinski definition) is 0. The van der Waals surface area contributed by atoms with Gasteiger partial charge in [0.05, 0.1) is 20.0 Å². The predicted molar refractivity (Wildman–Crippen MR) is 107 cm³/mol. The maximum Gasteiger partial charge on any atom is 0.118 e. The fourth-order valence-corrected chi connectivity index (χ4v) is 1.57. The highest BCUT2D eigenvalue weighted by atomic mass is 16.6. The molecule has 0 spiro atoms. The zero-order chi connectivity index (χ0) is 19.3. The van der Waals surface area contributed by atoms with E-state index in [9.17, 15) is 0 Å². The van der Waals surface area contributed by atoms with Crippen LogP contribution in [0, 0.1) is 11.3 Å². The predicted octanol–water partition coefficient (Wildman–Crippen LogP) is 5.60. The van der Waals surface area contributed by atoms with Crippen molar-refractivity contribution >= 4 is 0 Å². The molecule has 1 heterocycles. The van der Waals surface area contributed by atoms with Crippen LogP contribution >= 0.6 is 0 Å². The molecule has 1 atom stereocenters. The molecule has 3 nitrogen and oxygen atoms in total. The van der Waals surface area contributed by atoms with Gasteiger partial charge in [0, 0.05) is 5.41 Å². The Morgan fingerprint density at radius 2 is 1.96 bits per heavy atom. The first-order chi connectivity index (χ1) is 11.8. The third-order valence-electron chi connectivity index (χ3n) is 3.52. The number of allylic oxidation sites excluding steroid dienone is 7. The summed E-state index contributed by atoms with van der Waals surface area (Å²) in [5, 5.41) is 0. The fourth-order valence-electron chi connectivity index (χ4n) is 1.57. The van der Waals surface area contributed by atoms with Crippen molar-refractivity contribution in [2.24, 2.45) is 11.3 Å². The Kier molecular flexibility index (Phi) is 11.4. The van der Waals surface area contributed by atoms with E-state index in [0.29, 0.717) is 18.6 Å². The van der Waals surface area contributed by atoms with Gasteiger partial charge in [-0.25, -0.2) is 0 Å². The number of methoxy groups -OCH3 is 1. The number of rotatable bonds is 10. The van der Waals surface area contributed by atoms with Gasteiger partial charge < -0.3 is 14.2 Å². The van der Waals surface area contributed by atoms with Crippen LogP contribution in [-0.2, 0) is 14.2 Å². The second-order valence-corrected chi connectivity index (χ2v) is 6.64. The molecule has 0 aromatic heterocycles. The van der Waals surface area contributed by atoms with Gasteiger partial charge in [0.15, 0.2) is 0 Å². The monoisotopic (exact) mass is 346 g/mol. The lowest BCUT2D eigenvalue weighted by Crippen LogP contribution is -2.08. The highest BCUT2D eigenvalue weighted by molar-refractivity contribution is 5.29. The quantitative estimate of drug-likeness (QED) is 0.293. The van der Waals surface area contributed by atoms with E-state index in [0.717, 1.165) is 17.9 Å². The Balaban J connectivity index is 0.000000676. The van der Waals surface area contributed by atoms with Crippen LogP contribution in [0.2, 0.25) is 0 Å². The summed E-state index contributed by atoms with van der Waals surface area (Å²) >= 11 is 0. The van der Waals surface area contributed by atoms with Gasteiger partial charge in [-0.15, -0.1) is 0 Å². The van der Waals surface area contributed by atoms with E-state index in [1.165, 1.54) is 6.26 Å². The molecule has 0 saturated carbocycles. The molecular formula is C22H34O3. The van der Waals surface area contributed by atoms with Crippen molar-refractivity contribution in [1.82, 2.24) is 0 Å². The first-order valence-corrected chi connectivity index (χ1v) is 8.54. The third kappa shape index (κ3) is 12.1. The van der Waals surface area contributed by atoms with Gasteiger partial charge in [-0.3, -0.25) is 0 Å². The Bertz CT molecular complexity index is 503. The first-order valence-electron chi connectivity index (χ1n) is 8.54. The van der Waals surface area contributed by atoms with Crippen molar-refractivity contribution in [2.75, 3.05) is 20.3 Å². The molecule has 3 heteroatoms. The van der Waals surface area contributed by atoms with Crippen LogP contribution in [0.25, 0.3) is 0 Å². The molecule has 1 aliphatic rings. The van der Waals surface area contributed by atoms with Crippen LogP contribution in [0.1, 0.15) is 27.7 Å². The van der Waals surface area contributed by atoms with E-state index in [1.807, 2.05) is 12.2 Å². The van der Waals surface area contributed by atoms with Gasteiger partial charge in [-0.1, -0.05) is 71.7 Å². The van der Waals surface area contributed by atoms with E-state index in [4.69, 9.17) is 14.2 Å². The van der Waals surface area contributed by atoms with E-state index in [-0.39, 0.29) is 5.41 Å². The lowest BCUT2D eigenvalue weighted by molar-refractivity contribution is 0.213. The van der Waals surface area contributed by atoms with Crippen LogP contribution in [0.5, 0.6) is 0 Å². The standard InChI is InChI=1S/C17H26O.C5H8O2/c1-8-16(18-7)10-9-13-17(5,6)15(4)12-11-14(2)3;1-2-6-3-5-4-7-5/h8-14H,1,4H2,2-3,5-7H3;2,5H,1,3-4H2/b12-11+,13-9+,16-10+;. The molecule has 0 aromatic carbocycles. The Hall–Kier alpha value is -2.00. The molecule has 0 amide bonds. The maximum absolute atomic E-state index is 5.11. The Morgan fingerprint density at radius 1 is 1.32 bits per heavy atom. The minimum atomic E-state index is -0.0675. The smallest absolute Gasteiger partial charge is 0.118 e. The van der Waals surface area contributed by atoms with Crippen molar-refractivity contribution in [3.63, 3.8) is 0 Å². The van der Waals surface area contributed by atoms with E-state index in [1.54, 1.807) is 13.2 Å². The topological polar surface area (TPSA) is 31.0 Å². The van der Waals surface area contributed by atoms with E-state index < -0.39 is 0 Å². The molecule has 1 saturated heterocycles. The van der Waals surface area contributed by atoms with Gasteiger partial charge in [0.1, 0.15) is 18.5 Å². The van der Waals surface area contributed by atoms with Crippen LogP contribution < -0.4 is 0 Å². The second-order valence-electron chi connectivity index (χ2n) is 6.64. The summed E-state index contributed by atoms with van der Waals surface area (Å²) in [7, 11) is 1.64. The normalized spacial score (nSPS) is 17.2. The lowest BCUT2D eigenvalue weighted by atomic mass is 9.84. The van der Waals surface area contributed by atoms with Crippen LogP contribution in [0.3, 0.4) is 0 Å². The summed E-state index contributed by atoms with van der Waals surface area (Å²) in [6.45, 7) is 21.3. The third-order valence-corrected chi connectivity index (χ3v) is 3.52. The first kappa shape index (κ1) is 23.0. The second kappa shape index (κ2) is 12.4. The molecular weight excluding hydrogens is 312 g/mol. The van der Waals surface area contributed by atoms with Gasteiger partial charge in [0.25, 0.3) is 0 Å². The minimum absolute atomic E-state index is 0.0675. The minimum Gasteiger partial charge on any atom is -0.499 e. The number of hydrogen-bond acceptors (Lipinski definition) is 3. The van der Waals surface area contributed by atoms with Gasteiger partial charge in [-0.2, -0.15) is 0 Å². The molecule has 0 N–H and O–H groups in total. The number of epoxide rings is 1. The molecule has 0 aliphatic carbocycles. The Morgan fingerprint density at radius 3 is 2.40 bits per heavy atom. The Labute approximate surface area is 154 Å². The van der Waals surface area contributed by atoms with Gasteiger partial charge in [0.2, 0.25) is 0 Å². The summed E-state index contributed by atoms with van der Waals surface area (Å²) in [5.41, 5.74) is 1.03. The summed E-state index contributed by atoms with van der Waals surface area (Å²) in [4.78, 5) is 0. The average Bonchev–Trinajstić information content (AvgIpc) is 3.39. The van der Waals surface area contributed by atoms with Crippen LogP contribution in [0.4, 0.5) is 0 Å². The SMILES string of the molecule is C=C/C(=C\C=C\C(C)(C)C(=C)/C=C/C(C)C)OC.C=COCC1CO1. The van der Waals surface area contributed by atoms with E-state index in [2.05, 4.69) is 65.7 Å². The average molecular weight is 347 g/mol. The van der Waals surface area contributed by atoms with Crippen molar-refractivity contribution in [3.05, 3.63) is 73.8 Å². The molecule has 25 heavy (non-hydrogen) atoms. The fraction of sp³-hybridized carbons (Fsp3) is 0.455. The molecule has 140 valence electrons. The molecule has 1 unspecified atom stereocenters. The molecule has 1 rings (SSSR count). The zero-order valence-electron chi connectivity index (χ0n) is 16.5. The molecule has 0 radical (unpaired) electrons. The van der Waals surface area contributed by atoms with Crippen molar-refractivity contribution in [2.45, 2.75) is 33.8 Å². The molecule has 0 aromatic rings. The zero-order valence-corrected chi connectivity index (χ0v) is 16.5. The van der Waals surface area contributed by atoms with Gasteiger partial charge >= 0.3 is 0 Å².